The Kier molecular flexibility index (Phi) is 3.39. The lowest BCUT2D eigenvalue weighted by Crippen LogP contribution is -2.32. The van der Waals surface area contributed by atoms with Crippen LogP contribution in [0, 0.1) is 11.6 Å². The van der Waals surface area contributed by atoms with Crippen molar-refractivity contribution < 1.29 is 4.79 Å². The van der Waals surface area contributed by atoms with E-state index in [9.17, 15) is 4.79 Å². The number of likely N-dealkylation sites (tertiary alicyclic amines) is 1. The largest absolute Gasteiger partial charge is 0.353 e. The van der Waals surface area contributed by atoms with E-state index < -0.39 is 0 Å². The molecule has 2 heterocycles. The van der Waals surface area contributed by atoms with E-state index in [0.29, 0.717) is 0 Å². The van der Waals surface area contributed by atoms with Crippen molar-refractivity contribution in [2.75, 3.05) is 6.54 Å². The molecule has 0 spiro atoms. The van der Waals surface area contributed by atoms with Gasteiger partial charge in [-0.2, -0.15) is 0 Å². The van der Waals surface area contributed by atoms with Crippen LogP contribution in [-0.2, 0) is 4.79 Å². The summed E-state index contributed by atoms with van der Waals surface area (Å²) in [6.45, 7) is 2.92. The molecule has 86 valence electrons. The molecule has 1 N–H and O–H groups in total. The van der Waals surface area contributed by atoms with Crippen LogP contribution in [0.2, 0.25) is 0 Å². The van der Waals surface area contributed by atoms with Crippen molar-refractivity contribution >= 4 is 18.6 Å². The second kappa shape index (κ2) is 4.78. The van der Waals surface area contributed by atoms with Crippen LogP contribution in [-0.4, -0.2) is 22.8 Å². The van der Waals surface area contributed by atoms with Crippen LogP contribution in [0.15, 0.2) is 12.3 Å². The zero-order chi connectivity index (χ0) is 11.5. The Morgan fingerprint density at radius 3 is 3.06 bits per heavy atom. The molecule has 1 atom stereocenters. The highest BCUT2D eigenvalue weighted by molar-refractivity contribution is 7.71. The number of amides is 1. The Balaban J connectivity index is 2.34. The lowest BCUT2D eigenvalue weighted by molar-refractivity contribution is -0.121. The maximum absolute atomic E-state index is 11.0. The highest BCUT2D eigenvalue weighted by Crippen LogP contribution is 2.30. The second-order valence-electron chi connectivity index (χ2n) is 4.29. The first-order chi connectivity index (χ1) is 7.72. The smallest absolute Gasteiger partial charge is 0.210 e. The third-order valence-electron chi connectivity index (χ3n) is 3.21. The van der Waals surface area contributed by atoms with E-state index in [1.165, 1.54) is 17.5 Å². The quantitative estimate of drug-likeness (QED) is 0.633. The molecule has 1 aliphatic rings. The van der Waals surface area contributed by atoms with E-state index in [2.05, 4.69) is 11.9 Å². The van der Waals surface area contributed by atoms with Crippen LogP contribution in [0.5, 0.6) is 0 Å². The molecule has 3 nitrogen and oxygen atoms in total. The number of carbonyl (C=O) groups is 1. The number of hydrogen-bond donors (Lipinski definition) is 1. The summed E-state index contributed by atoms with van der Waals surface area (Å²) in [6, 6.07) is 2.18. The maximum Gasteiger partial charge on any atom is 0.210 e. The summed E-state index contributed by atoms with van der Waals surface area (Å²) >= 11 is 5.08. The van der Waals surface area contributed by atoms with Gasteiger partial charge >= 0.3 is 0 Å². The van der Waals surface area contributed by atoms with Crippen molar-refractivity contribution in [2.45, 2.75) is 32.2 Å². The number of H-pyrrole nitrogens is 1. The van der Waals surface area contributed by atoms with Crippen LogP contribution >= 0.6 is 12.2 Å². The number of piperidine rings is 1. The first kappa shape index (κ1) is 11.3. The van der Waals surface area contributed by atoms with Gasteiger partial charge in [-0.25, -0.2) is 0 Å². The summed E-state index contributed by atoms with van der Waals surface area (Å²) in [7, 11) is 0. The van der Waals surface area contributed by atoms with Crippen LogP contribution in [0.4, 0.5) is 0 Å². The molecule has 16 heavy (non-hydrogen) atoms. The van der Waals surface area contributed by atoms with Gasteiger partial charge in [-0.15, -0.1) is 0 Å². The monoisotopic (exact) mass is 236 g/mol. The minimum absolute atomic E-state index is 0.220. The lowest BCUT2D eigenvalue weighted by atomic mass is 9.94. The molecular weight excluding hydrogens is 220 g/mol. The average Bonchev–Trinajstić information content (AvgIpc) is 2.29. The van der Waals surface area contributed by atoms with Gasteiger partial charge in [-0.1, -0.05) is 12.2 Å². The van der Waals surface area contributed by atoms with E-state index in [1.54, 1.807) is 0 Å². The van der Waals surface area contributed by atoms with Gasteiger partial charge in [0.05, 0.1) is 6.04 Å². The Hall–Kier alpha value is -1.16. The molecule has 0 aliphatic carbocycles. The molecule has 0 unspecified atom stereocenters. The number of rotatable bonds is 2. The van der Waals surface area contributed by atoms with Crippen molar-refractivity contribution in [1.82, 2.24) is 9.88 Å². The number of nitrogens with one attached hydrogen (secondary N) is 1. The van der Waals surface area contributed by atoms with E-state index >= 15 is 0 Å². The van der Waals surface area contributed by atoms with Gasteiger partial charge in [0, 0.05) is 12.7 Å². The number of aromatic amines is 1. The first-order valence-corrected chi connectivity index (χ1v) is 6.03. The van der Waals surface area contributed by atoms with Crippen LogP contribution in [0.25, 0.3) is 0 Å². The number of nitrogens with zero attached hydrogens (tertiary/aromatic N) is 1. The first-order valence-electron chi connectivity index (χ1n) is 5.62. The van der Waals surface area contributed by atoms with Crippen LogP contribution in [0.3, 0.4) is 0 Å². The fourth-order valence-electron chi connectivity index (χ4n) is 2.36. The van der Waals surface area contributed by atoms with Gasteiger partial charge in [0.1, 0.15) is 4.64 Å². The summed E-state index contributed by atoms with van der Waals surface area (Å²) in [5.41, 5.74) is 2.36. The summed E-state index contributed by atoms with van der Waals surface area (Å²) < 4.78 is 0.745. The van der Waals surface area contributed by atoms with E-state index in [4.69, 9.17) is 12.2 Å². The summed E-state index contributed by atoms with van der Waals surface area (Å²) in [5, 5.41) is 0. The molecule has 0 radical (unpaired) electrons. The van der Waals surface area contributed by atoms with Gasteiger partial charge in [0.15, 0.2) is 0 Å². The molecule has 0 bridgehead atoms. The Bertz CT molecular complexity index is 441. The standard InChI is InChI=1S/C12H16N2OS/c1-9-6-12(16)13-7-10(9)11-4-2-3-5-14(11)8-15/h6-8,11H,2-5H2,1H3,(H,13,16)/t11-/m0/s1. The Labute approximate surface area is 100 Å². The van der Waals surface area contributed by atoms with Crippen molar-refractivity contribution in [2.24, 2.45) is 0 Å². The zero-order valence-corrected chi connectivity index (χ0v) is 10.2. The molecule has 0 aromatic carbocycles. The molecule has 4 heteroatoms. The topological polar surface area (TPSA) is 36.1 Å². The fourth-order valence-corrected chi connectivity index (χ4v) is 2.59. The van der Waals surface area contributed by atoms with Gasteiger partial charge < -0.3 is 9.88 Å². The minimum atomic E-state index is 0.220. The molecule has 1 amide bonds. The van der Waals surface area contributed by atoms with Gasteiger partial charge in [-0.3, -0.25) is 4.79 Å². The van der Waals surface area contributed by atoms with Crippen LogP contribution < -0.4 is 0 Å². The summed E-state index contributed by atoms with van der Waals surface area (Å²) in [5.74, 6) is 0. The number of hydrogen-bond acceptors (Lipinski definition) is 2. The third-order valence-corrected chi connectivity index (χ3v) is 3.45. The lowest BCUT2D eigenvalue weighted by Gasteiger charge is -2.33. The number of pyridine rings is 1. The van der Waals surface area contributed by atoms with Gasteiger partial charge in [0.25, 0.3) is 0 Å². The molecular formula is C12H16N2OS. The number of aromatic nitrogens is 1. The highest BCUT2D eigenvalue weighted by Gasteiger charge is 2.23. The minimum Gasteiger partial charge on any atom is -0.353 e. The molecule has 0 saturated carbocycles. The molecule has 2 rings (SSSR count). The van der Waals surface area contributed by atoms with E-state index in [0.717, 1.165) is 30.4 Å². The SMILES string of the molecule is Cc1cc(=S)[nH]cc1[C@@H]1CCCCN1C=O. The van der Waals surface area contributed by atoms with Crippen LogP contribution in [0.1, 0.15) is 36.4 Å². The second-order valence-corrected chi connectivity index (χ2v) is 4.73. The predicted octanol–water partition coefficient (Wildman–Crippen LogP) is 2.74. The third kappa shape index (κ3) is 2.16. The fraction of sp³-hybridized carbons (Fsp3) is 0.500. The molecule has 1 aromatic rings. The van der Waals surface area contributed by atoms with E-state index in [1.807, 2.05) is 17.2 Å². The number of aryl methyl sites for hydroxylation is 1. The predicted molar refractivity (Wildman–Crippen MR) is 65.7 cm³/mol. The van der Waals surface area contributed by atoms with Crippen molar-refractivity contribution in [3.8, 4) is 0 Å². The maximum atomic E-state index is 11.0. The molecule has 1 fully saturated rings. The average molecular weight is 236 g/mol. The number of carbonyl (C=O) groups excluding carboxylic acids is 1. The zero-order valence-electron chi connectivity index (χ0n) is 9.40. The van der Waals surface area contributed by atoms with E-state index in [-0.39, 0.29) is 6.04 Å². The summed E-state index contributed by atoms with van der Waals surface area (Å²) in [6.07, 6.45) is 6.25. The van der Waals surface area contributed by atoms with Gasteiger partial charge in [-0.05, 0) is 43.4 Å². The Morgan fingerprint density at radius 1 is 1.56 bits per heavy atom. The molecule has 1 saturated heterocycles. The van der Waals surface area contributed by atoms with Crippen molar-refractivity contribution in [1.29, 1.82) is 0 Å². The highest BCUT2D eigenvalue weighted by atomic mass is 32.1. The normalized spacial score (nSPS) is 20.8. The Morgan fingerprint density at radius 2 is 2.38 bits per heavy atom. The molecule has 1 aliphatic heterocycles. The summed E-state index contributed by atoms with van der Waals surface area (Å²) in [4.78, 5) is 16.0. The molecule has 1 aromatic heterocycles. The van der Waals surface area contributed by atoms with Gasteiger partial charge in [0.2, 0.25) is 6.41 Å². The van der Waals surface area contributed by atoms with Crippen molar-refractivity contribution in [3.05, 3.63) is 28.0 Å². The van der Waals surface area contributed by atoms with Crippen molar-refractivity contribution in [3.63, 3.8) is 0 Å².